The second-order valence-electron chi connectivity index (χ2n) is 4.48. The number of ether oxygens (including phenoxy) is 1. The number of aromatic hydroxyl groups is 1. The Balaban J connectivity index is 2.06. The molecule has 0 aliphatic heterocycles. The molecule has 0 saturated carbocycles. The van der Waals surface area contributed by atoms with E-state index in [0.29, 0.717) is 27.3 Å². The predicted molar refractivity (Wildman–Crippen MR) is 79.3 cm³/mol. The lowest BCUT2D eigenvalue weighted by atomic mass is 10.1. The summed E-state index contributed by atoms with van der Waals surface area (Å²) in [6.07, 6.45) is 0. The van der Waals surface area contributed by atoms with E-state index in [1.54, 1.807) is 49.6 Å². The molecule has 0 fully saturated rings. The van der Waals surface area contributed by atoms with Crippen LogP contribution in [0.15, 0.2) is 46.9 Å². The molecule has 0 bridgehead atoms. The number of ketones is 1. The first-order chi connectivity index (χ1) is 10.1. The van der Waals surface area contributed by atoms with Crippen molar-refractivity contribution in [2.75, 3.05) is 7.11 Å². The van der Waals surface area contributed by atoms with Crippen molar-refractivity contribution in [1.29, 1.82) is 0 Å². The molecule has 1 N–H and O–H groups in total. The van der Waals surface area contributed by atoms with Crippen LogP contribution in [0, 0.1) is 0 Å². The largest absolute Gasteiger partial charge is 0.504 e. The highest BCUT2D eigenvalue weighted by Crippen LogP contribution is 2.35. The zero-order valence-electron chi connectivity index (χ0n) is 11.1. The quantitative estimate of drug-likeness (QED) is 0.742. The third-order valence-corrected chi connectivity index (χ3v) is 3.42. The molecule has 0 atom stereocenters. The smallest absolute Gasteiger partial charge is 0.232 e. The number of hydrogen-bond acceptors (Lipinski definition) is 4. The molecule has 0 aliphatic carbocycles. The number of methoxy groups -OCH3 is 1. The second kappa shape index (κ2) is 5.14. The van der Waals surface area contributed by atoms with Crippen LogP contribution in [-0.4, -0.2) is 18.0 Å². The second-order valence-corrected chi connectivity index (χ2v) is 4.91. The molecule has 3 aromatic rings. The summed E-state index contributed by atoms with van der Waals surface area (Å²) in [5.41, 5.74) is 0.810. The summed E-state index contributed by atoms with van der Waals surface area (Å²) in [5.74, 6) is -0.0552. The van der Waals surface area contributed by atoms with Gasteiger partial charge in [-0.15, -0.1) is 0 Å². The standard InChI is InChI=1S/C16H11ClO4/c1-20-11-5-2-9(3-6-11)14(18)16-15(19)12-8-10(17)4-7-13(12)21-16/h2-8,19H,1H3. The highest BCUT2D eigenvalue weighted by molar-refractivity contribution is 6.31. The maximum absolute atomic E-state index is 12.4. The molecule has 0 radical (unpaired) electrons. The summed E-state index contributed by atoms with van der Waals surface area (Å²) in [6.45, 7) is 0. The molecule has 0 saturated heterocycles. The zero-order chi connectivity index (χ0) is 15.0. The van der Waals surface area contributed by atoms with Gasteiger partial charge in [0.1, 0.15) is 11.3 Å². The Bertz CT molecular complexity index is 818. The topological polar surface area (TPSA) is 59.7 Å². The lowest BCUT2D eigenvalue weighted by molar-refractivity contribution is 0.101. The average molecular weight is 303 g/mol. The molecule has 0 unspecified atom stereocenters. The van der Waals surface area contributed by atoms with Gasteiger partial charge in [0.25, 0.3) is 0 Å². The van der Waals surface area contributed by atoms with E-state index in [9.17, 15) is 9.90 Å². The first-order valence-electron chi connectivity index (χ1n) is 6.20. The molecular formula is C16H11ClO4. The maximum Gasteiger partial charge on any atom is 0.232 e. The molecule has 3 rings (SSSR count). The summed E-state index contributed by atoms with van der Waals surface area (Å²) >= 11 is 5.88. The van der Waals surface area contributed by atoms with Crippen LogP contribution in [0.4, 0.5) is 0 Å². The van der Waals surface area contributed by atoms with Gasteiger partial charge in [0.2, 0.25) is 11.5 Å². The van der Waals surface area contributed by atoms with Crippen molar-refractivity contribution < 1.29 is 19.1 Å². The molecule has 1 aromatic heterocycles. The van der Waals surface area contributed by atoms with Crippen molar-refractivity contribution >= 4 is 28.4 Å². The van der Waals surface area contributed by atoms with Crippen LogP contribution in [0.5, 0.6) is 11.5 Å². The molecule has 0 amide bonds. The molecular weight excluding hydrogens is 292 g/mol. The Morgan fingerprint density at radius 1 is 1.19 bits per heavy atom. The fourth-order valence-corrected chi connectivity index (χ4v) is 2.26. The molecule has 0 spiro atoms. The van der Waals surface area contributed by atoms with Gasteiger partial charge in [-0.25, -0.2) is 0 Å². The Labute approximate surface area is 125 Å². The molecule has 21 heavy (non-hydrogen) atoms. The summed E-state index contributed by atoms with van der Waals surface area (Å²) in [6, 6.07) is 11.4. The molecule has 5 heteroatoms. The highest BCUT2D eigenvalue weighted by atomic mass is 35.5. The third-order valence-electron chi connectivity index (χ3n) is 3.18. The van der Waals surface area contributed by atoms with E-state index in [-0.39, 0.29) is 11.5 Å². The average Bonchev–Trinajstić information content (AvgIpc) is 2.83. The molecule has 2 aromatic carbocycles. The van der Waals surface area contributed by atoms with Gasteiger partial charge in [0, 0.05) is 10.6 Å². The van der Waals surface area contributed by atoms with Crippen LogP contribution in [0.3, 0.4) is 0 Å². The lowest BCUT2D eigenvalue weighted by Crippen LogP contribution is -1.99. The van der Waals surface area contributed by atoms with Crippen LogP contribution in [-0.2, 0) is 0 Å². The number of carbonyl (C=O) groups excluding carboxylic acids is 1. The van der Waals surface area contributed by atoms with E-state index in [1.165, 1.54) is 0 Å². The van der Waals surface area contributed by atoms with Crippen LogP contribution in [0.1, 0.15) is 16.1 Å². The van der Waals surface area contributed by atoms with Gasteiger partial charge in [0.05, 0.1) is 12.5 Å². The predicted octanol–water partition coefficient (Wildman–Crippen LogP) is 4.03. The minimum atomic E-state index is -0.400. The van der Waals surface area contributed by atoms with Gasteiger partial charge >= 0.3 is 0 Å². The summed E-state index contributed by atoms with van der Waals surface area (Å²) in [5, 5.41) is 11.0. The molecule has 106 valence electrons. The number of carbonyl (C=O) groups is 1. The van der Waals surface area contributed by atoms with Crippen molar-refractivity contribution in [3.8, 4) is 11.5 Å². The number of hydrogen-bond donors (Lipinski definition) is 1. The summed E-state index contributed by atoms with van der Waals surface area (Å²) in [7, 11) is 1.55. The van der Waals surface area contributed by atoms with E-state index in [4.69, 9.17) is 20.8 Å². The Morgan fingerprint density at radius 2 is 1.90 bits per heavy atom. The third kappa shape index (κ3) is 2.34. The van der Waals surface area contributed by atoms with Gasteiger partial charge in [-0.2, -0.15) is 0 Å². The maximum atomic E-state index is 12.4. The van der Waals surface area contributed by atoms with E-state index >= 15 is 0 Å². The fourth-order valence-electron chi connectivity index (χ4n) is 2.08. The van der Waals surface area contributed by atoms with Crippen LogP contribution in [0.25, 0.3) is 11.0 Å². The van der Waals surface area contributed by atoms with Crippen molar-refractivity contribution in [2.45, 2.75) is 0 Å². The molecule has 0 aliphatic rings. The van der Waals surface area contributed by atoms with Gasteiger partial charge < -0.3 is 14.3 Å². The number of benzene rings is 2. The number of rotatable bonds is 3. The van der Waals surface area contributed by atoms with E-state index in [2.05, 4.69) is 0 Å². The SMILES string of the molecule is COc1ccc(C(=O)c2oc3ccc(Cl)cc3c2O)cc1. The van der Waals surface area contributed by atoms with Crippen LogP contribution in [0.2, 0.25) is 5.02 Å². The first kappa shape index (κ1) is 13.5. The fraction of sp³-hybridized carbons (Fsp3) is 0.0625. The highest BCUT2D eigenvalue weighted by Gasteiger charge is 2.21. The number of fused-ring (bicyclic) bond motifs is 1. The van der Waals surface area contributed by atoms with Crippen molar-refractivity contribution in [3.63, 3.8) is 0 Å². The van der Waals surface area contributed by atoms with E-state index < -0.39 is 5.78 Å². The normalized spacial score (nSPS) is 10.8. The van der Waals surface area contributed by atoms with Crippen LogP contribution < -0.4 is 4.74 Å². The summed E-state index contributed by atoms with van der Waals surface area (Å²) in [4.78, 5) is 12.4. The monoisotopic (exact) mass is 302 g/mol. The Morgan fingerprint density at radius 3 is 2.57 bits per heavy atom. The zero-order valence-corrected chi connectivity index (χ0v) is 11.8. The van der Waals surface area contributed by atoms with Crippen molar-refractivity contribution in [1.82, 2.24) is 0 Å². The van der Waals surface area contributed by atoms with Crippen LogP contribution >= 0.6 is 11.6 Å². The minimum absolute atomic E-state index is 0.0996. The van der Waals surface area contributed by atoms with Gasteiger partial charge in [-0.3, -0.25) is 4.79 Å². The first-order valence-corrected chi connectivity index (χ1v) is 6.57. The Kier molecular flexibility index (Phi) is 3.31. The Hall–Kier alpha value is -2.46. The van der Waals surface area contributed by atoms with Crippen molar-refractivity contribution in [3.05, 3.63) is 58.8 Å². The number of furan rings is 1. The summed E-state index contributed by atoms with van der Waals surface area (Å²) < 4.78 is 10.5. The minimum Gasteiger partial charge on any atom is -0.504 e. The van der Waals surface area contributed by atoms with Gasteiger partial charge in [-0.05, 0) is 42.5 Å². The van der Waals surface area contributed by atoms with Crippen molar-refractivity contribution in [2.24, 2.45) is 0 Å². The lowest BCUT2D eigenvalue weighted by Gasteiger charge is -2.01. The number of halogens is 1. The van der Waals surface area contributed by atoms with Gasteiger partial charge in [-0.1, -0.05) is 11.6 Å². The molecule has 4 nitrogen and oxygen atoms in total. The van der Waals surface area contributed by atoms with E-state index in [0.717, 1.165) is 0 Å². The molecule has 1 heterocycles. The van der Waals surface area contributed by atoms with E-state index in [1.807, 2.05) is 0 Å². The van der Waals surface area contributed by atoms with Gasteiger partial charge in [0.15, 0.2) is 5.75 Å².